The Hall–Kier alpha value is -1.04. The Bertz CT molecular complexity index is 73.4. The molecule has 0 fully saturated rings. The van der Waals surface area contributed by atoms with E-state index < -0.39 is 0 Å². The molecule has 0 rings (SSSR count). The molecule has 0 atom stereocenters. The normalized spacial score (nSPS) is 5.83. The van der Waals surface area contributed by atoms with Crippen molar-refractivity contribution in [2.24, 2.45) is 5.16 Å². The smallest absolute Gasteiger partial charge is 0.202 e. The van der Waals surface area contributed by atoms with Crippen LogP contribution in [0.25, 0.3) is 0 Å². The van der Waals surface area contributed by atoms with Crippen LogP contribution in [-0.4, -0.2) is 13.3 Å². The number of hydrogen-bond donors (Lipinski definition) is 0. The molecule has 0 aromatic heterocycles. The van der Waals surface area contributed by atoms with Crippen LogP contribution in [0.3, 0.4) is 0 Å². The van der Waals surface area contributed by atoms with Gasteiger partial charge in [0.25, 0.3) is 0 Å². The van der Waals surface area contributed by atoms with Crippen molar-refractivity contribution in [2.45, 2.75) is 0 Å². The molecule has 3 heteroatoms. The van der Waals surface area contributed by atoms with Gasteiger partial charge in [0, 0.05) is 6.72 Å². The van der Waals surface area contributed by atoms with E-state index in [1.165, 1.54) is 0 Å². The fourth-order valence-electron chi connectivity index (χ4n) is 0.0745. The SMILES string of the molecule is C=NOCC#N. The Morgan fingerprint density at radius 1 is 2.00 bits per heavy atom. The molecule has 0 aliphatic rings. The van der Waals surface area contributed by atoms with Crippen molar-refractivity contribution >= 4 is 6.72 Å². The molecular weight excluding hydrogens is 80.0 g/mol. The maximum Gasteiger partial charge on any atom is 0.202 e. The number of oxime groups is 1. The molecule has 0 bridgehead atoms. The van der Waals surface area contributed by atoms with E-state index in [1.807, 2.05) is 0 Å². The van der Waals surface area contributed by atoms with Crippen molar-refractivity contribution in [3.8, 4) is 6.07 Å². The molecular formula is C3H4N2O. The van der Waals surface area contributed by atoms with Crippen LogP contribution < -0.4 is 0 Å². The molecule has 0 saturated heterocycles. The third-order valence-electron chi connectivity index (χ3n) is 0.220. The van der Waals surface area contributed by atoms with Gasteiger partial charge in [0.2, 0.25) is 6.61 Å². The zero-order chi connectivity index (χ0) is 4.83. The van der Waals surface area contributed by atoms with E-state index in [-0.39, 0.29) is 6.61 Å². The van der Waals surface area contributed by atoms with Crippen LogP contribution >= 0.6 is 0 Å². The second kappa shape index (κ2) is 3.96. The first-order chi connectivity index (χ1) is 2.91. The predicted molar refractivity (Wildman–Crippen MR) is 21.1 cm³/mol. The quantitative estimate of drug-likeness (QED) is 0.271. The summed E-state index contributed by atoms with van der Waals surface area (Å²) in [4.78, 5) is 4.14. The molecule has 0 radical (unpaired) electrons. The highest BCUT2D eigenvalue weighted by Gasteiger charge is 1.67. The summed E-state index contributed by atoms with van der Waals surface area (Å²) in [7, 11) is 0. The molecule has 0 aliphatic carbocycles. The van der Waals surface area contributed by atoms with Crippen LogP contribution in [0.5, 0.6) is 0 Å². The van der Waals surface area contributed by atoms with E-state index in [4.69, 9.17) is 5.26 Å². The van der Waals surface area contributed by atoms with Crippen molar-refractivity contribution in [3.05, 3.63) is 0 Å². The van der Waals surface area contributed by atoms with Crippen molar-refractivity contribution < 1.29 is 4.84 Å². The maximum atomic E-state index is 7.73. The maximum absolute atomic E-state index is 7.73. The summed E-state index contributed by atoms with van der Waals surface area (Å²) >= 11 is 0. The molecule has 32 valence electrons. The second-order valence-electron chi connectivity index (χ2n) is 0.561. The van der Waals surface area contributed by atoms with Gasteiger partial charge in [-0.2, -0.15) is 5.26 Å². The Morgan fingerprint density at radius 3 is 2.83 bits per heavy atom. The lowest BCUT2D eigenvalue weighted by Crippen LogP contribution is -1.76. The monoisotopic (exact) mass is 84.0 g/mol. The standard InChI is InChI=1S/C3H4N2O/c1-5-6-3-2-4/h1,3H2. The van der Waals surface area contributed by atoms with Gasteiger partial charge in [0.1, 0.15) is 6.07 Å². The number of rotatable bonds is 2. The van der Waals surface area contributed by atoms with E-state index in [2.05, 4.69) is 16.7 Å². The summed E-state index contributed by atoms with van der Waals surface area (Å²) in [6.07, 6.45) is 0. The van der Waals surface area contributed by atoms with Gasteiger partial charge in [0.05, 0.1) is 0 Å². The molecule has 6 heavy (non-hydrogen) atoms. The van der Waals surface area contributed by atoms with E-state index in [0.717, 1.165) is 0 Å². The van der Waals surface area contributed by atoms with Crippen LogP contribution in [0.4, 0.5) is 0 Å². The first kappa shape index (κ1) is 4.96. The number of nitrogens with zero attached hydrogens (tertiary/aromatic N) is 2. The van der Waals surface area contributed by atoms with E-state index >= 15 is 0 Å². The molecule has 0 aliphatic heterocycles. The van der Waals surface area contributed by atoms with Crippen molar-refractivity contribution in [2.75, 3.05) is 6.61 Å². The first-order valence-electron chi connectivity index (χ1n) is 1.36. The molecule has 0 heterocycles. The molecule has 0 aromatic rings. The van der Waals surface area contributed by atoms with Crippen LogP contribution in [0.1, 0.15) is 0 Å². The zero-order valence-corrected chi connectivity index (χ0v) is 3.22. The molecule has 0 saturated carbocycles. The predicted octanol–water partition coefficient (Wildman–Crippen LogP) is 0.142. The molecule has 0 amide bonds. The summed E-state index contributed by atoms with van der Waals surface area (Å²) in [6, 6.07) is 1.71. The van der Waals surface area contributed by atoms with Crippen molar-refractivity contribution in [1.82, 2.24) is 0 Å². The molecule has 0 N–H and O–H groups in total. The van der Waals surface area contributed by atoms with Crippen LogP contribution in [0.15, 0.2) is 5.16 Å². The van der Waals surface area contributed by atoms with Gasteiger partial charge in [0.15, 0.2) is 0 Å². The third kappa shape index (κ3) is 2.96. The largest absolute Gasteiger partial charge is 0.381 e. The fourth-order valence-corrected chi connectivity index (χ4v) is 0.0745. The summed E-state index contributed by atoms with van der Waals surface area (Å²) in [6.45, 7) is 2.96. The van der Waals surface area contributed by atoms with Crippen LogP contribution in [-0.2, 0) is 4.84 Å². The third-order valence-corrected chi connectivity index (χ3v) is 0.220. The first-order valence-corrected chi connectivity index (χ1v) is 1.36. The van der Waals surface area contributed by atoms with E-state index in [1.54, 1.807) is 6.07 Å². The lowest BCUT2D eigenvalue weighted by Gasteiger charge is -1.79. The summed E-state index contributed by atoms with van der Waals surface area (Å²) < 4.78 is 0. The van der Waals surface area contributed by atoms with E-state index in [0.29, 0.717) is 0 Å². The Kier molecular flexibility index (Phi) is 3.27. The summed E-state index contributed by atoms with van der Waals surface area (Å²) in [5, 5.41) is 10.7. The average molecular weight is 84.1 g/mol. The average Bonchev–Trinajstić information content (AvgIpc) is 1.61. The Morgan fingerprint density at radius 2 is 2.67 bits per heavy atom. The molecule has 3 nitrogen and oxygen atoms in total. The molecule has 0 spiro atoms. The van der Waals surface area contributed by atoms with E-state index in [9.17, 15) is 0 Å². The van der Waals surface area contributed by atoms with Crippen molar-refractivity contribution in [3.63, 3.8) is 0 Å². The minimum atomic E-state index is -0.0104. The molecule has 0 unspecified atom stereocenters. The lowest BCUT2D eigenvalue weighted by molar-refractivity contribution is 0.181. The fraction of sp³-hybridized carbons (Fsp3) is 0.333. The van der Waals surface area contributed by atoms with Gasteiger partial charge in [-0.3, -0.25) is 0 Å². The topological polar surface area (TPSA) is 45.4 Å². The van der Waals surface area contributed by atoms with Gasteiger partial charge in [-0.1, -0.05) is 0 Å². The molecule has 0 aromatic carbocycles. The van der Waals surface area contributed by atoms with Crippen LogP contribution in [0.2, 0.25) is 0 Å². The Balaban J connectivity index is 2.72. The van der Waals surface area contributed by atoms with Gasteiger partial charge in [-0.05, 0) is 0 Å². The lowest BCUT2D eigenvalue weighted by atomic mass is 10.9. The summed E-state index contributed by atoms with van der Waals surface area (Å²) in [5.41, 5.74) is 0. The van der Waals surface area contributed by atoms with Gasteiger partial charge in [-0.15, -0.1) is 5.16 Å². The zero-order valence-electron chi connectivity index (χ0n) is 3.22. The minimum Gasteiger partial charge on any atom is -0.381 e. The Labute approximate surface area is 35.8 Å². The number of nitriles is 1. The van der Waals surface area contributed by atoms with Gasteiger partial charge >= 0.3 is 0 Å². The van der Waals surface area contributed by atoms with Gasteiger partial charge < -0.3 is 4.84 Å². The van der Waals surface area contributed by atoms with Gasteiger partial charge in [-0.25, -0.2) is 0 Å². The van der Waals surface area contributed by atoms with Crippen LogP contribution in [0, 0.1) is 11.3 Å². The van der Waals surface area contributed by atoms with Crippen molar-refractivity contribution in [1.29, 1.82) is 5.26 Å². The highest BCUT2D eigenvalue weighted by molar-refractivity contribution is 5.21. The minimum absolute atomic E-state index is 0.0104. The summed E-state index contributed by atoms with van der Waals surface area (Å²) in [5.74, 6) is 0. The number of hydrogen-bond acceptors (Lipinski definition) is 3. The second-order valence-corrected chi connectivity index (χ2v) is 0.561. The highest BCUT2D eigenvalue weighted by Crippen LogP contribution is 1.64. The highest BCUT2D eigenvalue weighted by atomic mass is 16.6.